The van der Waals surface area contributed by atoms with E-state index in [-0.39, 0.29) is 23.7 Å². The average Bonchev–Trinajstić information content (AvgIpc) is 2.76. The van der Waals surface area contributed by atoms with Crippen molar-refractivity contribution in [2.24, 2.45) is 5.92 Å². The molecule has 0 aromatic heterocycles. The van der Waals surface area contributed by atoms with E-state index in [4.69, 9.17) is 4.74 Å². The lowest BCUT2D eigenvalue weighted by atomic mass is 9.85. The SMILES string of the molecule is O=C1CCC(CC2COc3ccccc32)C(=O)N1. The first-order valence-electron chi connectivity index (χ1n) is 6.29. The number of carbonyl (C=O) groups is 2. The summed E-state index contributed by atoms with van der Waals surface area (Å²) in [5.41, 5.74) is 1.18. The standard InChI is InChI=1S/C14H15NO3/c16-13-6-5-9(14(17)15-13)7-10-8-18-12-4-2-1-3-11(10)12/h1-4,9-10H,5-8H2,(H,15,16,17). The van der Waals surface area contributed by atoms with E-state index in [0.29, 0.717) is 19.4 Å². The van der Waals surface area contributed by atoms with Crippen LogP contribution in [0.1, 0.15) is 30.7 Å². The molecule has 94 valence electrons. The van der Waals surface area contributed by atoms with Crippen molar-refractivity contribution < 1.29 is 14.3 Å². The maximum atomic E-state index is 11.7. The van der Waals surface area contributed by atoms with Crippen LogP contribution in [0.4, 0.5) is 0 Å². The first-order valence-corrected chi connectivity index (χ1v) is 6.29. The summed E-state index contributed by atoms with van der Waals surface area (Å²) in [4.78, 5) is 22.8. The van der Waals surface area contributed by atoms with Crippen LogP contribution in [-0.2, 0) is 9.59 Å². The quantitative estimate of drug-likeness (QED) is 0.805. The van der Waals surface area contributed by atoms with Gasteiger partial charge in [0.15, 0.2) is 0 Å². The zero-order valence-corrected chi connectivity index (χ0v) is 10.0. The summed E-state index contributed by atoms with van der Waals surface area (Å²) in [6.07, 6.45) is 1.87. The summed E-state index contributed by atoms with van der Waals surface area (Å²) in [5.74, 6) is 0.845. The second kappa shape index (κ2) is 4.44. The summed E-state index contributed by atoms with van der Waals surface area (Å²) in [6.45, 7) is 0.636. The fraction of sp³-hybridized carbons (Fsp3) is 0.429. The number of fused-ring (bicyclic) bond motifs is 1. The molecular weight excluding hydrogens is 230 g/mol. The summed E-state index contributed by atoms with van der Waals surface area (Å²) in [6, 6.07) is 7.96. The summed E-state index contributed by atoms with van der Waals surface area (Å²) in [7, 11) is 0. The van der Waals surface area contributed by atoms with Crippen molar-refractivity contribution in [2.75, 3.05) is 6.61 Å². The number of piperidine rings is 1. The summed E-state index contributed by atoms with van der Waals surface area (Å²) in [5, 5.41) is 2.41. The van der Waals surface area contributed by atoms with Crippen LogP contribution in [0, 0.1) is 5.92 Å². The molecule has 1 aromatic rings. The van der Waals surface area contributed by atoms with E-state index in [0.717, 1.165) is 12.2 Å². The molecule has 0 spiro atoms. The molecule has 0 aliphatic carbocycles. The molecule has 1 saturated heterocycles. The van der Waals surface area contributed by atoms with Crippen molar-refractivity contribution in [1.29, 1.82) is 0 Å². The first kappa shape index (κ1) is 11.3. The van der Waals surface area contributed by atoms with Crippen molar-refractivity contribution in [3.05, 3.63) is 29.8 Å². The van der Waals surface area contributed by atoms with Gasteiger partial charge in [0.1, 0.15) is 5.75 Å². The molecule has 2 heterocycles. The van der Waals surface area contributed by atoms with Gasteiger partial charge >= 0.3 is 0 Å². The normalized spacial score (nSPS) is 26.4. The summed E-state index contributed by atoms with van der Waals surface area (Å²) < 4.78 is 5.61. The van der Waals surface area contributed by atoms with Gasteiger partial charge in [0.05, 0.1) is 6.61 Å². The van der Waals surface area contributed by atoms with E-state index < -0.39 is 0 Å². The van der Waals surface area contributed by atoms with Gasteiger partial charge in [-0.05, 0) is 18.9 Å². The Bertz CT molecular complexity index is 498. The molecule has 1 N–H and O–H groups in total. The van der Waals surface area contributed by atoms with Gasteiger partial charge in [-0.2, -0.15) is 0 Å². The smallest absolute Gasteiger partial charge is 0.229 e. The Kier molecular flexibility index (Phi) is 2.78. The molecule has 4 nitrogen and oxygen atoms in total. The van der Waals surface area contributed by atoms with Crippen molar-refractivity contribution in [3.8, 4) is 5.75 Å². The third-order valence-corrected chi connectivity index (χ3v) is 3.72. The highest BCUT2D eigenvalue weighted by Crippen LogP contribution is 2.38. The van der Waals surface area contributed by atoms with Gasteiger partial charge in [0.2, 0.25) is 11.8 Å². The van der Waals surface area contributed by atoms with Crippen molar-refractivity contribution >= 4 is 11.8 Å². The molecule has 0 radical (unpaired) electrons. The Morgan fingerprint density at radius 1 is 1.22 bits per heavy atom. The van der Waals surface area contributed by atoms with Crippen LogP contribution in [0.5, 0.6) is 5.75 Å². The lowest BCUT2D eigenvalue weighted by molar-refractivity contribution is -0.136. The number of carbonyl (C=O) groups excluding carboxylic acids is 2. The zero-order valence-electron chi connectivity index (χ0n) is 10.0. The number of imide groups is 1. The van der Waals surface area contributed by atoms with Crippen LogP contribution < -0.4 is 10.1 Å². The van der Waals surface area contributed by atoms with Gasteiger partial charge in [-0.25, -0.2) is 0 Å². The molecule has 2 atom stereocenters. The Morgan fingerprint density at radius 3 is 2.89 bits per heavy atom. The first-order chi connectivity index (χ1) is 8.74. The zero-order chi connectivity index (χ0) is 12.5. The molecule has 1 aromatic carbocycles. The Labute approximate surface area is 105 Å². The van der Waals surface area contributed by atoms with Crippen LogP contribution in [0.25, 0.3) is 0 Å². The molecule has 0 saturated carbocycles. The van der Waals surface area contributed by atoms with E-state index >= 15 is 0 Å². The van der Waals surface area contributed by atoms with Gasteiger partial charge in [0.25, 0.3) is 0 Å². The number of ether oxygens (including phenoxy) is 1. The van der Waals surface area contributed by atoms with E-state index in [2.05, 4.69) is 11.4 Å². The highest BCUT2D eigenvalue weighted by atomic mass is 16.5. The lowest BCUT2D eigenvalue weighted by Gasteiger charge is -2.22. The number of nitrogens with one attached hydrogen (secondary N) is 1. The molecule has 1 fully saturated rings. The maximum Gasteiger partial charge on any atom is 0.229 e. The molecule has 2 aliphatic rings. The second-order valence-corrected chi connectivity index (χ2v) is 4.93. The Morgan fingerprint density at radius 2 is 2.06 bits per heavy atom. The van der Waals surface area contributed by atoms with Crippen LogP contribution in [0.2, 0.25) is 0 Å². The molecular formula is C14H15NO3. The van der Waals surface area contributed by atoms with Gasteiger partial charge in [-0.1, -0.05) is 18.2 Å². The monoisotopic (exact) mass is 245 g/mol. The molecule has 2 amide bonds. The second-order valence-electron chi connectivity index (χ2n) is 4.93. The predicted octanol–water partition coefficient (Wildman–Crippen LogP) is 1.61. The summed E-state index contributed by atoms with van der Waals surface area (Å²) >= 11 is 0. The van der Waals surface area contributed by atoms with E-state index in [1.807, 2.05) is 18.2 Å². The van der Waals surface area contributed by atoms with Crippen molar-refractivity contribution in [3.63, 3.8) is 0 Å². The predicted molar refractivity (Wildman–Crippen MR) is 65.2 cm³/mol. The third kappa shape index (κ3) is 1.98. The largest absolute Gasteiger partial charge is 0.493 e. The maximum absolute atomic E-state index is 11.7. The van der Waals surface area contributed by atoms with Gasteiger partial charge in [-0.3, -0.25) is 14.9 Å². The average molecular weight is 245 g/mol. The highest BCUT2D eigenvalue weighted by Gasteiger charge is 2.32. The van der Waals surface area contributed by atoms with Crippen molar-refractivity contribution in [1.82, 2.24) is 5.32 Å². The van der Waals surface area contributed by atoms with E-state index in [1.165, 1.54) is 5.56 Å². The number of para-hydroxylation sites is 1. The molecule has 18 heavy (non-hydrogen) atoms. The number of hydrogen-bond donors (Lipinski definition) is 1. The molecule has 0 bridgehead atoms. The Hall–Kier alpha value is -1.84. The fourth-order valence-corrected chi connectivity index (χ4v) is 2.73. The molecule has 2 aliphatic heterocycles. The minimum absolute atomic E-state index is 0.0672. The third-order valence-electron chi connectivity index (χ3n) is 3.72. The van der Waals surface area contributed by atoms with Crippen LogP contribution in [0.3, 0.4) is 0 Å². The number of rotatable bonds is 2. The molecule has 4 heteroatoms. The van der Waals surface area contributed by atoms with Crippen LogP contribution >= 0.6 is 0 Å². The van der Waals surface area contributed by atoms with Gasteiger partial charge in [-0.15, -0.1) is 0 Å². The number of hydrogen-bond acceptors (Lipinski definition) is 3. The molecule has 2 unspecified atom stereocenters. The number of amides is 2. The highest BCUT2D eigenvalue weighted by molar-refractivity contribution is 5.98. The van der Waals surface area contributed by atoms with E-state index in [9.17, 15) is 9.59 Å². The molecule has 3 rings (SSSR count). The minimum Gasteiger partial charge on any atom is -0.493 e. The van der Waals surface area contributed by atoms with E-state index in [1.54, 1.807) is 0 Å². The lowest BCUT2D eigenvalue weighted by Crippen LogP contribution is -2.41. The minimum atomic E-state index is -0.153. The Balaban J connectivity index is 1.71. The van der Waals surface area contributed by atoms with Gasteiger partial charge < -0.3 is 4.74 Å². The fourth-order valence-electron chi connectivity index (χ4n) is 2.73. The van der Waals surface area contributed by atoms with Crippen LogP contribution in [0.15, 0.2) is 24.3 Å². The van der Waals surface area contributed by atoms with Gasteiger partial charge in [0, 0.05) is 23.8 Å². The van der Waals surface area contributed by atoms with Crippen LogP contribution in [-0.4, -0.2) is 18.4 Å². The topological polar surface area (TPSA) is 55.4 Å². The van der Waals surface area contributed by atoms with Crippen molar-refractivity contribution in [2.45, 2.75) is 25.2 Å². The number of benzene rings is 1.